The number of halogens is 1. The second-order valence-electron chi connectivity index (χ2n) is 7.19. The Morgan fingerprint density at radius 3 is 2.67 bits per heavy atom. The highest BCUT2D eigenvalue weighted by molar-refractivity contribution is 5.84. The van der Waals surface area contributed by atoms with Gasteiger partial charge in [-0.3, -0.25) is 4.79 Å². The summed E-state index contributed by atoms with van der Waals surface area (Å²) < 4.78 is 23.5. The molecule has 27 heavy (non-hydrogen) atoms. The third-order valence-electron chi connectivity index (χ3n) is 3.59. The van der Waals surface area contributed by atoms with Crippen LogP contribution in [0, 0.1) is 0 Å². The van der Waals surface area contributed by atoms with Crippen LogP contribution < -0.4 is 15.0 Å². The number of hydrogen-bond donors (Lipinski definition) is 1. The van der Waals surface area contributed by atoms with Gasteiger partial charge in [0.05, 0.1) is 25.3 Å². The summed E-state index contributed by atoms with van der Waals surface area (Å²) in [6.45, 7) is 6.15. The molecule has 0 spiro atoms. The van der Waals surface area contributed by atoms with E-state index in [0.29, 0.717) is 31.0 Å². The summed E-state index contributed by atoms with van der Waals surface area (Å²) in [7, 11) is 0. The van der Waals surface area contributed by atoms with Crippen LogP contribution in [0.4, 0.5) is 15.1 Å². The molecule has 1 aliphatic heterocycles. The van der Waals surface area contributed by atoms with Gasteiger partial charge in [0.2, 0.25) is 5.95 Å². The van der Waals surface area contributed by atoms with Crippen LogP contribution in [-0.4, -0.2) is 53.7 Å². The summed E-state index contributed by atoms with van der Waals surface area (Å²) in [6.07, 6.45) is 4.07. The predicted octanol–water partition coefficient (Wildman–Crippen LogP) is 2.40. The maximum Gasteiger partial charge on any atom is 0.407 e. The number of nitrogens with one attached hydrogen (secondary N) is 1. The van der Waals surface area contributed by atoms with E-state index in [2.05, 4.69) is 15.3 Å². The molecule has 9 heteroatoms. The molecule has 1 aromatic heterocycles. The molecule has 0 aliphatic carbocycles. The van der Waals surface area contributed by atoms with Gasteiger partial charge in [-0.25, -0.2) is 19.2 Å². The van der Waals surface area contributed by atoms with E-state index in [1.807, 2.05) is 4.90 Å². The van der Waals surface area contributed by atoms with Crippen molar-refractivity contribution in [3.8, 4) is 5.75 Å². The number of alkyl carbamates (subject to hydrolysis) is 1. The molecule has 148 valence electrons. The molecule has 0 atom stereocenters. The van der Waals surface area contributed by atoms with Crippen molar-refractivity contribution in [2.45, 2.75) is 39.2 Å². The second-order valence-corrected chi connectivity index (χ2v) is 7.19. The van der Waals surface area contributed by atoms with Crippen molar-refractivity contribution >= 4 is 17.8 Å². The molecule has 2 rings (SSSR count). The lowest BCUT2D eigenvalue weighted by molar-refractivity contribution is -0.118. The normalized spacial score (nSPS) is 15.5. The summed E-state index contributed by atoms with van der Waals surface area (Å²) >= 11 is 0. The van der Waals surface area contributed by atoms with Crippen LogP contribution in [0.2, 0.25) is 0 Å². The molecule has 1 N–H and O–H groups in total. The molecule has 1 saturated heterocycles. The minimum Gasteiger partial charge on any atom is -0.486 e. The number of carbonyl (C=O) groups excluding carboxylic acids is 2. The number of anilines is 1. The van der Waals surface area contributed by atoms with Crippen LogP contribution in [-0.2, 0) is 9.53 Å². The minimum absolute atomic E-state index is 0.0414. The van der Waals surface area contributed by atoms with Crippen LogP contribution in [0.1, 0.15) is 33.6 Å². The number of nitrogens with zero attached hydrogens (tertiary/aromatic N) is 3. The topological polar surface area (TPSA) is 93.7 Å². The number of ether oxygens (including phenoxy) is 2. The zero-order valence-electron chi connectivity index (χ0n) is 15.8. The third-order valence-corrected chi connectivity index (χ3v) is 3.59. The summed E-state index contributed by atoms with van der Waals surface area (Å²) in [5.41, 5.74) is -0.398. The van der Waals surface area contributed by atoms with Crippen molar-refractivity contribution < 1.29 is 23.5 Å². The maximum absolute atomic E-state index is 13.0. The average molecular weight is 380 g/mol. The number of hydrogen-bond acceptors (Lipinski definition) is 7. The molecule has 8 nitrogen and oxygen atoms in total. The Bertz CT molecular complexity index is 686. The molecule has 1 fully saturated rings. The fourth-order valence-corrected chi connectivity index (χ4v) is 2.35. The van der Waals surface area contributed by atoms with Gasteiger partial charge in [0.1, 0.15) is 12.2 Å². The Morgan fingerprint density at radius 2 is 2.07 bits per heavy atom. The summed E-state index contributed by atoms with van der Waals surface area (Å²) in [4.78, 5) is 33.3. The van der Waals surface area contributed by atoms with Gasteiger partial charge < -0.3 is 19.7 Å². The second kappa shape index (κ2) is 9.29. The average Bonchev–Trinajstić information content (AvgIpc) is 2.61. The van der Waals surface area contributed by atoms with Gasteiger partial charge in [0.25, 0.3) is 0 Å². The van der Waals surface area contributed by atoms with E-state index in [4.69, 9.17) is 9.47 Å². The quantitative estimate of drug-likeness (QED) is 0.810. The summed E-state index contributed by atoms with van der Waals surface area (Å²) in [5, 5.41) is 2.46. The van der Waals surface area contributed by atoms with Crippen molar-refractivity contribution in [3.05, 3.63) is 24.3 Å². The minimum atomic E-state index is -0.634. The largest absolute Gasteiger partial charge is 0.486 e. The van der Waals surface area contributed by atoms with Crippen molar-refractivity contribution in [2.24, 2.45) is 0 Å². The molecule has 1 aromatic rings. The molecule has 0 radical (unpaired) electrons. The number of aromatic nitrogens is 2. The van der Waals surface area contributed by atoms with Gasteiger partial charge in [0, 0.05) is 25.1 Å². The van der Waals surface area contributed by atoms with Crippen LogP contribution in [0.15, 0.2) is 24.3 Å². The molecule has 0 bridgehead atoms. The fourth-order valence-electron chi connectivity index (χ4n) is 2.35. The number of ketones is 1. The first-order chi connectivity index (χ1) is 12.8. The fraction of sp³-hybridized carbons (Fsp3) is 0.556. The SMILES string of the molecule is CC(C)(C)OC(=O)NC/C(=C\F)COc1cnc(N2CCCC(=O)C2)nc1. The molecule has 1 aliphatic rings. The Labute approximate surface area is 157 Å². The Morgan fingerprint density at radius 1 is 1.37 bits per heavy atom. The first-order valence-electron chi connectivity index (χ1n) is 8.73. The number of Topliss-reactive ketones (excluding diaryl/α,β-unsaturated/α-hetero) is 1. The van der Waals surface area contributed by atoms with E-state index in [0.717, 1.165) is 13.0 Å². The smallest absolute Gasteiger partial charge is 0.407 e. The highest BCUT2D eigenvalue weighted by Gasteiger charge is 2.19. The number of carbonyl (C=O) groups is 2. The van der Waals surface area contributed by atoms with E-state index >= 15 is 0 Å². The van der Waals surface area contributed by atoms with E-state index in [1.54, 1.807) is 20.8 Å². The zero-order valence-corrected chi connectivity index (χ0v) is 15.8. The van der Waals surface area contributed by atoms with E-state index in [9.17, 15) is 14.0 Å². The van der Waals surface area contributed by atoms with Crippen LogP contribution in [0.5, 0.6) is 5.75 Å². The van der Waals surface area contributed by atoms with Crippen LogP contribution >= 0.6 is 0 Å². The lowest BCUT2D eigenvalue weighted by atomic mass is 10.1. The Kier molecular flexibility index (Phi) is 7.09. The number of amides is 1. The van der Waals surface area contributed by atoms with Crippen LogP contribution in [0.25, 0.3) is 0 Å². The molecule has 0 unspecified atom stereocenters. The molecule has 2 heterocycles. The van der Waals surface area contributed by atoms with Gasteiger partial charge in [-0.1, -0.05) is 0 Å². The predicted molar refractivity (Wildman–Crippen MR) is 97.4 cm³/mol. The monoisotopic (exact) mass is 380 g/mol. The van der Waals surface area contributed by atoms with Gasteiger partial charge in [-0.05, 0) is 27.2 Å². The van der Waals surface area contributed by atoms with Gasteiger partial charge >= 0.3 is 6.09 Å². The summed E-state index contributed by atoms with van der Waals surface area (Å²) in [6, 6.07) is 0. The maximum atomic E-state index is 13.0. The summed E-state index contributed by atoms with van der Waals surface area (Å²) in [5.74, 6) is 0.988. The first kappa shape index (κ1) is 20.6. The van der Waals surface area contributed by atoms with Gasteiger partial charge in [-0.2, -0.15) is 0 Å². The van der Waals surface area contributed by atoms with Gasteiger partial charge in [-0.15, -0.1) is 0 Å². The lowest BCUT2D eigenvalue weighted by Gasteiger charge is -2.25. The standard InChI is InChI=1S/C18H25FN4O4/c1-18(2,3)27-17(25)22-8-13(7-19)12-26-15-9-20-16(21-10-15)23-6-4-5-14(24)11-23/h7,9-10H,4-6,8,11-12H2,1-3H3,(H,22,25)/b13-7+. The highest BCUT2D eigenvalue weighted by Crippen LogP contribution is 2.16. The van der Waals surface area contributed by atoms with E-state index < -0.39 is 11.7 Å². The molecular formula is C18H25FN4O4. The van der Waals surface area contributed by atoms with Crippen molar-refractivity contribution in [2.75, 3.05) is 31.1 Å². The van der Waals surface area contributed by atoms with E-state index in [-0.39, 0.29) is 24.5 Å². The van der Waals surface area contributed by atoms with Crippen molar-refractivity contribution in [1.29, 1.82) is 0 Å². The molecule has 1 amide bonds. The van der Waals surface area contributed by atoms with Crippen molar-refractivity contribution in [3.63, 3.8) is 0 Å². The molecule has 0 aromatic carbocycles. The first-order valence-corrected chi connectivity index (χ1v) is 8.73. The molecule has 0 saturated carbocycles. The number of rotatable bonds is 6. The third kappa shape index (κ3) is 7.20. The number of piperidine rings is 1. The van der Waals surface area contributed by atoms with Gasteiger partial charge in [0.15, 0.2) is 11.5 Å². The van der Waals surface area contributed by atoms with E-state index in [1.165, 1.54) is 12.4 Å². The lowest BCUT2D eigenvalue weighted by Crippen LogP contribution is -2.36. The van der Waals surface area contributed by atoms with Crippen LogP contribution in [0.3, 0.4) is 0 Å². The highest BCUT2D eigenvalue weighted by atomic mass is 19.1. The van der Waals surface area contributed by atoms with Crippen molar-refractivity contribution in [1.82, 2.24) is 15.3 Å². The Balaban J connectivity index is 1.80. The molecular weight excluding hydrogens is 355 g/mol. The zero-order chi connectivity index (χ0) is 19.9. The Hall–Kier alpha value is -2.71.